The molecule has 1 aliphatic carbocycles. The quantitative estimate of drug-likeness (QED) is 0.664. The highest BCUT2D eigenvalue weighted by atomic mass is 16.2. The van der Waals surface area contributed by atoms with Crippen LogP contribution in [0.5, 0.6) is 0 Å². The van der Waals surface area contributed by atoms with Crippen LogP contribution in [0.4, 0.5) is 11.5 Å². The predicted molar refractivity (Wildman–Crippen MR) is 72.2 cm³/mol. The third-order valence-corrected chi connectivity index (χ3v) is 2.90. The Balaban J connectivity index is 1.61. The summed E-state index contributed by atoms with van der Waals surface area (Å²) in [6.07, 6.45) is 4.51. The number of aromatic nitrogens is 1. The Morgan fingerprint density at radius 3 is 2.79 bits per heavy atom. The molecule has 6 nitrogen and oxygen atoms in total. The number of anilines is 2. The van der Waals surface area contributed by atoms with E-state index < -0.39 is 0 Å². The summed E-state index contributed by atoms with van der Waals surface area (Å²) in [6.45, 7) is 0.544. The SMILES string of the molecule is Nc1ccc(NC(=O)CCCNC(=O)C2CC2)cn1. The second-order valence-corrected chi connectivity index (χ2v) is 4.69. The molecule has 1 saturated carbocycles. The van der Waals surface area contributed by atoms with Crippen LogP contribution >= 0.6 is 0 Å². The molecule has 1 fully saturated rings. The number of rotatable bonds is 6. The summed E-state index contributed by atoms with van der Waals surface area (Å²) in [5.74, 6) is 0.658. The van der Waals surface area contributed by atoms with Crippen LogP contribution in [-0.2, 0) is 9.59 Å². The van der Waals surface area contributed by atoms with Crippen LogP contribution in [0.15, 0.2) is 18.3 Å². The van der Waals surface area contributed by atoms with E-state index >= 15 is 0 Å². The summed E-state index contributed by atoms with van der Waals surface area (Å²) in [4.78, 5) is 26.8. The van der Waals surface area contributed by atoms with Gasteiger partial charge in [-0.3, -0.25) is 9.59 Å². The van der Waals surface area contributed by atoms with Crippen LogP contribution < -0.4 is 16.4 Å². The summed E-state index contributed by atoms with van der Waals surface area (Å²) in [6, 6.07) is 3.33. The third-order valence-electron chi connectivity index (χ3n) is 2.90. The summed E-state index contributed by atoms with van der Waals surface area (Å²) in [5, 5.41) is 5.55. The molecule has 0 aromatic carbocycles. The normalized spacial score (nSPS) is 13.9. The topological polar surface area (TPSA) is 97.1 Å². The van der Waals surface area contributed by atoms with Crippen molar-refractivity contribution < 1.29 is 9.59 Å². The summed E-state index contributed by atoms with van der Waals surface area (Å²) in [5.41, 5.74) is 6.08. The predicted octanol–water partition coefficient (Wildman–Crippen LogP) is 0.909. The minimum Gasteiger partial charge on any atom is -0.384 e. The molecule has 0 spiro atoms. The molecule has 102 valence electrons. The van der Waals surface area contributed by atoms with Crippen LogP contribution in [0.1, 0.15) is 25.7 Å². The molecule has 2 rings (SSSR count). The monoisotopic (exact) mass is 262 g/mol. The lowest BCUT2D eigenvalue weighted by Gasteiger charge is -2.06. The van der Waals surface area contributed by atoms with Crippen molar-refractivity contribution in [3.63, 3.8) is 0 Å². The zero-order valence-electron chi connectivity index (χ0n) is 10.7. The number of hydrogen-bond acceptors (Lipinski definition) is 4. The van der Waals surface area contributed by atoms with Gasteiger partial charge in [-0.05, 0) is 31.4 Å². The lowest BCUT2D eigenvalue weighted by atomic mass is 10.2. The van der Waals surface area contributed by atoms with Crippen molar-refractivity contribution in [2.45, 2.75) is 25.7 Å². The number of nitrogen functional groups attached to an aromatic ring is 1. The molecule has 1 aromatic rings. The van der Waals surface area contributed by atoms with Crippen molar-refractivity contribution in [1.82, 2.24) is 10.3 Å². The lowest BCUT2D eigenvalue weighted by Crippen LogP contribution is -2.26. The standard InChI is InChI=1S/C13H18N4O2/c14-11-6-5-10(8-16-11)17-12(18)2-1-7-15-13(19)9-3-4-9/h5-6,8-9H,1-4,7H2,(H2,14,16)(H,15,19)(H,17,18). The molecule has 1 aromatic heterocycles. The zero-order valence-corrected chi connectivity index (χ0v) is 10.7. The molecule has 1 heterocycles. The van der Waals surface area contributed by atoms with E-state index in [1.165, 1.54) is 6.20 Å². The van der Waals surface area contributed by atoms with Crippen LogP contribution in [0, 0.1) is 5.92 Å². The van der Waals surface area contributed by atoms with Crippen molar-refractivity contribution >= 4 is 23.3 Å². The van der Waals surface area contributed by atoms with Gasteiger partial charge in [0.25, 0.3) is 0 Å². The highest BCUT2D eigenvalue weighted by Gasteiger charge is 2.28. The van der Waals surface area contributed by atoms with Crippen molar-refractivity contribution in [3.8, 4) is 0 Å². The van der Waals surface area contributed by atoms with Gasteiger partial charge in [-0.15, -0.1) is 0 Å². The van der Waals surface area contributed by atoms with Crippen molar-refractivity contribution in [1.29, 1.82) is 0 Å². The van der Waals surface area contributed by atoms with E-state index in [-0.39, 0.29) is 17.7 Å². The van der Waals surface area contributed by atoms with Crippen molar-refractivity contribution in [2.75, 3.05) is 17.6 Å². The molecule has 0 radical (unpaired) electrons. The zero-order chi connectivity index (χ0) is 13.7. The molecular weight excluding hydrogens is 244 g/mol. The van der Waals surface area contributed by atoms with Crippen molar-refractivity contribution in [3.05, 3.63) is 18.3 Å². The first-order chi connectivity index (χ1) is 9.15. The highest BCUT2D eigenvalue weighted by Crippen LogP contribution is 2.28. The average molecular weight is 262 g/mol. The Bertz CT molecular complexity index is 454. The molecule has 0 saturated heterocycles. The highest BCUT2D eigenvalue weighted by molar-refractivity contribution is 5.90. The fraction of sp³-hybridized carbons (Fsp3) is 0.462. The van der Waals surface area contributed by atoms with E-state index in [9.17, 15) is 9.59 Å². The number of carbonyl (C=O) groups excluding carboxylic acids is 2. The minimum absolute atomic E-state index is 0.0905. The number of nitrogens with one attached hydrogen (secondary N) is 2. The van der Waals surface area contributed by atoms with Gasteiger partial charge in [-0.1, -0.05) is 0 Å². The Labute approximate surface area is 111 Å². The second-order valence-electron chi connectivity index (χ2n) is 4.69. The number of carbonyl (C=O) groups is 2. The van der Waals surface area contributed by atoms with E-state index in [0.29, 0.717) is 30.9 Å². The van der Waals surface area contributed by atoms with E-state index in [1.807, 2.05) is 0 Å². The largest absolute Gasteiger partial charge is 0.384 e. The molecule has 6 heteroatoms. The van der Waals surface area contributed by atoms with Gasteiger partial charge in [-0.2, -0.15) is 0 Å². The fourth-order valence-corrected chi connectivity index (χ4v) is 1.65. The molecule has 2 amide bonds. The van der Waals surface area contributed by atoms with Gasteiger partial charge in [0.2, 0.25) is 11.8 Å². The Morgan fingerprint density at radius 2 is 2.16 bits per heavy atom. The lowest BCUT2D eigenvalue weighted by molar-refractivity contribution is -0.122. The number of nitrogens with two attached hydrogens (primary N) is 1. The minimum atomic E-state index is -0.0905. The molecular formula is C13H18N4O2. The number of hydrogen-bond donors (Lipinski definition) is 3. The molecule has 0 bridgehead atoms. The van der Waals surface area contributed by atoms with Crippen LogP contribution in [-0.4, -0.2) is 23.3 Å². The molecule has 1 aliphatic rings. The van der Waals surface area contributed by atoms with Gasteiger partial charge in [0.15, 0.2) is 0 Å². The Morgan fingerprint density at radius 1 is 1.37 bits per heavy atom. The molecule has 0 atom stereocenters. The maximum absolute atomic E-state index is 11.6. The summed E-state index contributed by atoms with van der Waals surface area (Å²) in [7, 11) is 0. The Kier molecular flexibility index (Phi) is 4.33. The van der Waals surface area contributed by atoms with Crippen molar-refractivity contribution in [2.24, 2.45) is 5.92 Å². The summed E-state index contributed by atoms with van der Waals surface area (Å²) < 4.78 is 0. The van der Waals surface area contributed by atoms with Gasteiger partial charge in [0.05, 0.1) is 11.9 Å². The smallest absolute Gasteiger partial charge is 0.224 e. The van der Waals surface area contributed by atoms with Gasteiger partial charge >= 0.3 is 0 Å². The van der Waals surface area contributed by atoms with Gasteiger partial charge in [0, 0.05) is 18.9 Å². The average Bonchev–Trinajstić information content (AvgIpc) is 3.21. The molecule has 0 aliphatic heterocycles. The van der Waals surface area contributed by atoms with Crippen LogP contribution in [0.2, 0.25) is 0 Å². The first-order valence-electron chi connectivity index (χ1n) is 6.44. The number of pyridine rings is 1. The first-order valence-corrected chi connectivity index (χ1v) is 6.44. The molecule has 4 N–H and O–H groups in total. The first kappa shape index (κ1) is 13.3. The fourth-order valence-electron chi connectivity index (χ4n) is 1.65. The maximum atomic E-state index is 11.6. The van der Waals surface area contributed by atoms with E-state index in [1.54, 1.807) is 12.1 Å². The van der Waals surface area contributed by atoms with E-state index in [2.05, 4.69) is 15.6 Å². The molecule has 0 unspecified atom stereocenters. The third kappa shape index (κ3) is 4.57. The van der Waals surface area contributed by atoms with Gasteiger partial charge in [0.1, 0.15) is 5.82 Å². The maximum Gasteiger partial charge on any atom is 0.224 e. The van der Waals surface area contributed by atoms with Gasteiger partial charge < -0.3 is 16.4 Å². The Hall–Kier alpha value is -2.11. The van der Waals surface area contributed by atoms with Gasteiger partial charge in [-0.25, -0.2) is 4.98 Å². The summed E-state index contributed by atoms with van der Waals surface area (Å²) >= 11 is 0. The molecule has 19 heavy (non-hydrogen) atoms. The number of amides is 2. The second kappa shape index (κ2) is 6.17. The van der Waals surface area contributed by atoms with Crippen LogP contribution in [0.3, 0.4) is 0 Å². The number of nitrogens with zero attached hydrogens (tertiary/aromatic N) is 1. The van der Waals surface area contributed by atoms with Crippen LogP contribution in [0.25, 0.3) is 0 Å². The van der Waals surface area contributed by atoms with E-state index in [4.69, 9.17) is 5.73 Å². The van der Waals surface area contributed by atoms with E-state index in [0.717, 1.165) is 12.8 Å².